The molecule has 150 valence electrons. The average molecular weight is 448 g/mol. The van der Waals surface area contributed by atoms with Crippen molar-refractivity contribution in [2.75, 3.05) is 13.1 Å². The second-order valence-electron chi connectivity index (χ2n) is 6.96. The van der Waals surface area contributed by atoms with Crippen LogP contribution in [0.15, 0.2) is 40.4 Å². The summed E-state index contributed by atoms with van der Waals surface area (Å²) in [6, 6.07) is 6.74. The van der Waals surface area contributed by atoms with Gasteiger partial charge in [0, 0.05) is 36.0 Å². The van der Waals surface area contributed by atoms with Crippen LogP contribution in [0.4, 0.5) is 5.69 Å². The van der Waals surface area contributed by atoms with Crippen LogP contribution in [0.1, 0.15) is 29.3 Å². The van der Waals surface area contributed by atoms with Gasteiger partial charge in [0.2, 0.25) is 5.91 Å². The van der Waals surface area contributed by atoms with Crippen LogP contribution in [0.3, 0.4) is 0 Å². The molecule has 1 fully saturated rings. The molecular weight excluding hydrogens is 430 g/mol. The van der Waals surface area contributed by atoms with E-state index < -0.39 is 4.92 Å². The Morgan fingerprint density at radius 3 is 2.76 bits per heavy atom. The molecule has 1 saturated heterocycles. The van der Waals surface area contributed by atoms with E-state index in [9.17, 15) is 14.9 Å². The number of thiophene rings is 1. The summed E-state index contributed by atoms with van der Waals surface area (Å²) in [6.45, 7) is 1.46. The van der Waals surface area contributed by atoms with Crippen molar-refractivity contribution in [2.45, 2.75) is 25.2 Å². The molecular formula is C20H18ClN3O3S2. The van der Waals surface area contributed by atoms with Crippen molar-refractivity contribution in [1.29, 1.82) is 0 Å². The van der Waals surface area contributed by atoms with Gasteiger partial charge in [-0.3, -0.25) is 14.9 Å². The first-order chi connectivity index (χ1) is 14.0. The van der Waals surface area contributed by atoms with Gasteiger partial charge in [0.1, 0.15) is 5.02 Å². The van der Waals surface area contributed by atoms with Gasteiger partial charge in [0.05, 0.1) is 22.0 Å². The number of piperidine rings is 1. The van der Waals surface area contributed by atoms with E-state index in [-0.39, 0.29) is 16.6 Å². The number of amides is 1. The monoisotopic (exact) mass is 447 g/mol. The Kier molecular flexibility index (Phi) is 5.94. The van der Waals surface area contributed by atoms with Crippen molar-refractivity contribution in [1.82, 2.24) is 9.88 Å². The van der Waals surface area contributed by atoms with Gasteiger partial charge in [-0.05, 0) is 41.3 Å². The largest absolute Gasteiger partial charge is 0.342 e. The molecule has 29 heavy (non-hydrogen) atoms. The highest BCUT2D eigenvalue weighted by Crippen LogP contribution is 2.35. The maximum Gasteiger partial charge on any atom is 0.288 e. The average Bonchev–Trinajstić information content (AvgIpc) is 3.40. The summed E-state index contributed by atoms with van der Waals surface area (Å²) in [4.78, 5) is 29.7. The molecule has 4 rings (SSSR count). The van der Waals surface area contributed by atoms with Crippen LogP contribution in [-0.2, 0) is 11.2 Å². The van der Waals surface area contributed by atoms with Gasteiger partial charge in [-0.15, -0.1) is 11.3 Å². The van der Waals surface area contributed by atoms with E-state index in [0.29, 0.717) is 17.9 Å². The number of halogens is 1. The number of hydrogen-bond acceptors (Lipinski definition) is 6. The van der Waals surface area contributed by atoms with Crippen LogP contribution in [0.5, 0.6) is 0 Å². The standard InChI is InChI=1S/C20H18ClN3O3S2/c21-16-2-1-15(10-18(16)24(26)27)17-12-29-20(22-17)14-3-6-23(7-4-14)19(25)9-13-5-8-28-11-13/h1-2,5,8,10-12,14H,3-4,6-7,9H2. The highest BCUT2D eigenvalue weighted by atomic mass is 35.5. The fourth-order valence-electron chi connectivity index (χ4n) is 3.48. The fourth-order valence-corrected chi connectivity index (χ4v) is 5.33. The number of carbonyl (C=O) groups is 1. The number of likely N-dealkylation sites (tertiary alicyclic amines) is 1. The molecule has 0 radical (unpaired) electrons. The van der Waals surface area contributed by atoms with Gasteiger partial charge >= 0.3 is 0 Å². The van der Waals surface area contributed by atoms with Gasteiger partial charge in [-0.1, -0.05) is 17.7 Å². The van der Waals surface area contributed by atoms with Crippen LogP contribution in [0.2, 0.25) is 5.02 Å². The Morgan fingerprint density at radius 2 is 2.07 bits per heavy atom. The van der Waals surface area contributed by atoms with Gasteiger partial charge in [0.25, 0.3) is 5.69 Å². The lowest BCUT2D eigenvalue weighted by molar-refractivity contribution is -0.384. The molecule has 0 saturated carbocycles. The Balaban J connectivity index is 1.40. The number of thiazole rings is 1. The van der Waals surface area contributed by atoms with Crippen LogP contribution in [0, 0.1) is 10.1 Å². The van der Waals surface area contributed by atoms with Gasteiger partial charge in [0.15, 0.2) is 0 Å². The van der Waals surface area contributed by atoms with Crippen molar-refractivity contribution in [2.24, 2.45) is 0 Å². The normalized spacial score (nSPS) is 14.9. The lowest BCUT2D eigenvalue weighted by Crippen LogP contribution is -2.38. The number of rotatable bonds is 5. The number of benzene rings is 1. The molecule has 1 aliphatic rings. The Morgan fingerprint density at radius 1 is 1.28 bits per heavy atom. The summed E-state index contributed by atoms with van der Waals surface area (Å²) in [7, 11) is 0. The summed E-state index contributed by atoms with van der Waals surface area (Å²) < 4.78 is 0. The Labute approximate surface area is 180 Å². The number of carbonyl (C=O) groups excluding carboxylic acids is 1. The lowest BCUT2D eigenvalue weighted by Gasteiger charge is -2.31. The predicted octanol–water partition coefficient (Wildman–Crippen LogP) is 5.38. The number of hydrogen-bond donors (Lipinski definition) is 0. The third-order valence-electron chi connectivity index (χ3n) is 5.09. The molecule has 2 aromatic heterocycles. The van der Waals surface area contributed by atoms with Gasteiger partial charge in [-0.2, -0.15) is 11.3 Å². The molecule has 9 heteroatoms. The van der Waals surface area contributed by atoms with Crippen LogP contribution < -0.4 is 0 Å². The van der Waals surface area contributed by atoms with Crippen LogP contribution in [-0.4, -0.2) is 33.8 Å². The first-order valence-corrected chi connectivity index (χ1v) is 11.4. The maximum absolute atomic E-state index is 12.5. The minimum Gasteiger partial charge on any atom is -0.342 e. The van der Waals surface area contributed by atoms with E-state index in [1.807, 2.05) is 27.1 Å². The molecule has 0 spiro atoms. The van der Waals surface area contributed by atoms with E-state index in [1.54, 1.807) is 28.7 Å². The zero-order valence-electron chi connectivity index (χ0n) is 15.4. The Bertz CT molecular complexity index is 1030. The van der Waals surface area contributed by atoms with E-state index in [4.69, 9.17) is 16.6 Å². The minimum atomic E-state index is -0.484. The van der Waals surface area contributed by atoms with E-state index in [2.05, 4.69) is 0 Å². The summed E-state index contributed by atoms with van der Waals surface area (Å²) in [5, 5.41) is 18.2. The first-order valence-electron chi connectivity index (χ1n) is 9.20. The Hall–Kier alpha value is -2.29. The van der Waals surface area contributed by atoms with E-state index in [0.717, 1.165) is 42.2 Å². The molecule has 0 unspecified atom stereocenters. The zero-order valence-corrected chi connectivity index (χ0v) is 17.8. The molecule has 6 nitrogen and oxygen atoms in total. The van der Waals surface area contributed by atoms with Crippen molar-refractivity contribution in [3.63, 3.8) is 0 Å². The van der Waals surface area contributed by atoms with E-state index in [1.165, 1.54) is 12.1 Å². The topological polar surface area (TPSA) is 76.3 Å². The maximum atomic E-state index is 12.5. The molecule has 1 amide bonds. The second-order valence-corrected chi connectivity index (χ2v) is 9.03. The molecule has 1 aromatic carbocycles. The molecule has 3 heterocycles. The molecule has 0 N–H and O–H groups in total. The molecule has 0 atom stereocenters. The predicted molar refractivity (Wildman–Crippen MR) is 116 cm³/mol. The van der Waals surface area contributed by atoms with E-state index >= 15 is 0 Å². The van der Waals surface area contributed by atoms with Crippen molar-refractivity contribution < 1.29 is 9.72 Å². The van der Waals surface area contributed by atoms with Crippen LogP contribution >= 0.6 is 34.3 Å². The summed E-state index contributed by atoms with van der Waals surface area (Å²) in [5.41, 5.74) is 2.37. The summed E-state index contributed by atoms with van der Waals surface area (Å²) >= 11 is 9.07. The first kappa shape index (κ1) is 20.0. The molecule has 3 aromatic rings. The van der Waals surface area contributed by atoms with Gasteiger partial charge < -0.3 is 4.90 Å². The fraction of sp³-hybridized carbons (Fsp3) is 0.300. The van der Waals surface area contributed by atoms with Crippen LogP contribution in [0.25, 0.3) is 11.3 Å². The number of nitrogens with zero attached hydrogens (tertiary/aromatic N) is 3. The molecule has 1 aliphatic heterocycles. The lowest BCUT2D eigenvalue weighted by atomic mass is 9.97. The van der Waals surface area contributed by atoms with Crippen molar-refractivity contribution >= 4 is 45.9 Å². The minimum absolute atomic E-state index is 0.115. The smallest absolute Gasteiger partial charge is 0.288 e. The van der Waals surface area contributed by atoms with Gasteiger partial charge in [-0.25, -0.2) is 4.98 Å². The SMILES string of the molecule is O=C(Cc1ccsc1)N1CCC(c2nc(-c3ccc(Cl)c([N+](=O)[O-])c3)cs2)CC1. The molecule has 0 aliphatic carbocycles. The van der Waals surface area contributed by atoms with Crippen molar-refractivity contribution in [3.8, 4) is 11.3 Å². The third-order valence-corrected chi connectivity index (χ3v) is 7.15. The zero-order chi connectivity index (χ0) is 20.4. The third kappa shape index (κ3) is 4.49. The number of nitro benzene ring substituents is 1. The van der Waals surface area contributed by atoms with Crippen molar-refractivity contribution in [3.05, 3.63) is 66.1 Å². The molecule has 0 bridgehead atoms. The summed E-state index contributed by atoms with van der Waals surface area (Å²) in [6.07, 6.45) is 2.22. The number of aromatic nitrogens is 1. The highest BCUT2D eigenvalue weighted by Gasteiger charge is 2.26. The second kappa shape index (κ2) is 8.61. The quantitative estimate of drug-likeness (QED) is 0.388. The number of nitro groups is 1. The summed E-state index contributed by atoms with van der Waals surface area (Å²) in [5.74, 6) is 0.483. The highest BCUT2D eigenvalue weighted by molar-refractivity contribution is 7.10.